The normalized spacial score (nSPS) is 13.3. The third kappa shape index (κ3) is 1.97. The summed E-state index contributed by atoms with van der Waals surface area (Å²) >= 11 is 0. The zero-order chi connectivity index (χ0) is 12.4. The predicted molar refractivity (Wildman–Crippen MR) is 64.2 cm³/mol. The van der Waals surface area contributed by atoms with Crippen LogP contribution in [0.4, 0.5) is 0 Å². The molecule has 0 fully saturated rings. The van der Waals surface area contributed by atoms with Gasteiger partial charge in [-0.15, -0.1) is 0 Å². The van der Waals surface area contributed by atoms with Crippen LogP contribution in [0.15, 0.2) is 41.0 Å². The third-order valence-electron chi connectivity index (χ3n) is 2.78. The van der Waals surface area contributed by atoms with Crippen LogP contribution in [0.2, 0.25) is 0 Å². The lowest BCUT2D eigenvalue weighted by Gasteiger charge is -2.20. The van der Waals surface area contributed by atoms with E-state index in [0.717, 1.165) is 0 Å². The molecule has 0 aliphatic carbocycles. The van der Waals surface area contributed by atoms with Gasteiger partial charge in [0.05, 0.1) is 18.2 Å². The van der Waals surface area contributed by atoms with E-state index in [1.807, 2.05) is 0 Å². The average Bonchev–Trinajstić information content (AvgIpc) is 2.91. The predicted octanol–water partition coefficient (Wildman–Crippen LogP) is 2.48. The van der Waals surface area contributed by atoms with Gasteiger partial charge >= 0.3 is 0 Å². The Morgan fingerprint density at radius 1 is 1.11 bits per heavy atom. The van der Waals surface area contributed by atoms with Gasteiger partial charge in [0.15, 0.2) is 17.3 Å². The van der Waals surface area contributed by atoms with Crippen LogP contribution in [0, 0.1) is 0 Å². The molecular formula is C14H12O4. The fourth-order valence-electron chi connectivity index (χ4n) is 1.96. The molecule has 4 heteroatoms. The standard InChI is InChI=1S/C14H12O4/c15-12(9-10-3-2-6-16-10)11-4-1-5-13-14(11)18-8-7-17-13/h1-6H,7-9H2. The molecule has 3 rings (SSSR count). The Bertz CT molecular complexity index is 557. The van der Waals surface area contributed by atoms with Crippen molar-refractivity contribution in [2.24, 2.45) is 0 Å². The summed E-state index contributed by atoms with van der Waals surface area (Å²) in [7, 11) is 0. The van der Waals surface area contributed by atoms with Gasteiger partial charge in [0.2, 0.25) is 0 Å². The zero-order valence-electron chi connectivity index (χ0n) is 9.72. The summed E-state index contributed by atoms with van der Waals surface area (Å²) in [5, 5.41) is 0. The molecule has 1 aliphatic heterocycles. The van der Waals surface area contributed by atoms with Crippen molar-refractivity contribution in [3.8, 4) is 11.5 Å². The van der Waals surface area contributed by atoms with Gasteiger partial charge in [0, 0.05) is 0 Å². The highest BCUT2D eigenvalue weighted by molar-refractivity contribution is 6.00. The Balaban J connectivity index is 1.89. The summed E-state index contributed by atoms with van der Waals surface area (Å²) in [4.78, 5) is 12.2. The quantitative estimate of drug-likeness (QED) is 0.778. The van der Waals surface area contributed by atoms with E-state index in [1.165, 1.54) is 0 Å². The molecule has 1 aliphatic rings. The maximum atomic E-state index is 12.2. The van der Waals surface area contributed by atoms with E-state index in [1.54, 1.807) is 36.6 Å². The van der Waals surface area contributed by atoms with E-state index in [4.69, 9.17) is 13.9 Å². The van der Waals surface area contributed by atoms with Gasteiger partial charge in [0.25, 0.3) is 0 Å². The highest BCUT2D eigenvalue weighted by Gasteiger charge is 2.20. The monoisotopic (exact) mass is 244 g/mol. The molecule has 2 heterocycles. The Morgan fingerprint density at radius 2 is 2.00 bits per heavy atom. The molecule has 0 amide bonds. The number of hydrogen-bond acceptors (Lipinski definition) is 4. The summed E-state index contributed by atoms with van der Waals surface area (Å²) in [5.74, 6) is 1.79. The lowest BCUT2D eigenvalue weighted by Crippen LogP contribution is -2.18. The van der Waals surface area contributed by atoms with Crippen molar-refractivity contribution in [3.63, 3.8) is 0 Å². The minimum Gasteiger partial charge on any atom is -0.486 e. The van der Waals surface area contributed by atoms with Gasteiger partial charge in [-0.05, 0) is 24.3 Å². The molecule has 2 aromatic rings. The van der Waals surface area contributed by atoms with E-state index in [0.29, 0.717) is 36.0 Å². The molecule has 0 unspecified atom stereocenters. The largest absolute Gasteiger partial charge is 0.486 e. The fourth-order valence-corrected chi connectivity index (χ4v) is 1.96. The summed E-state index contributed by atoms with van der Waals surface area (Å²) in [6.07, 6.45) is 1.79. The van der Waals surface area contributed by atoms with Crippen LogP contribution in [0.25, 0.3) is 0 Å². The van der Waals surface area contributed by atoms with Crippen LogP contribution in [-0.2, 0) is 6.42 Å². The van der Waals surface area contributed by atoms with Crippen LogP contribution in [0.1, 0.15) is 16.1 Å². The number of benzene rings is 1. The average molecular weight is 244 g/mol. The molecule has 1 aromatic carbocycles. The van der Waals surface area contributed by atoms with E-state index in [-0.39, 0.29) is 12.2 Å². The first-order valence-electron chi connectivity index (χ1n) is 5.79. The number of furan rings is 1. The lowest BCUT2D eigenvalue weighted by atomic mass is 10.1. The summed E-state index contributed by atoms with van der Waals surface area (Å²) in [5.41, 5.74) is 0.545. The molecule has 0 saturated carbocycles. The minimum absolute atomic E-state index is 0.0349. The fraction of sp³-hybridized carbons (Fsp3) is 0.214. The van der Waals surface area contributed by atoms with Crippen molar-refractivity contribution < 1.29 is 18.7 Å². The van der Waals surface area contributed by atoms with Crippen molar-refractivity contribution in [3.05, 3.63) is 47.9 Å². The summed E-state index contributed by atoms with van der Waals surface area (Å²) < 4.78 is 16.1. The zero-order valence-corrected chi connectivity index (χ0v) is 9.72. The molecule has 92 valence electrons. The first kappa shape index (κ1) is 10.9. The van der Waals surface area contributed by atoms with Crippen LogP contribution < -0.4 is 9.47 Å². The van der Waals surface area contributed by atoms with Crippen molar-refractivity contribution in [2.75, 3.05) is 13.2 Å². The van der Waals surface area contributed by atoms with Crippen molar-refractivity contribution in [1.29, 1.82) is 0 Å². The van der Waals surface area contributed by atoms with Crippen molar-refractivity contribution in [1.82, 2.24) is 0 Å². The van der Waals surface area contributed by atoms with E-state index < -0.39 is 0 Å². The molecule has 4 nitrogen and oxygen atoms in total. The maximum Gasteiger partial charge on any atom is 0.174 e. The van der Waals surface area contributed by atoms with Gasteiger partial charge in [-0.1, -0.05) is 6.07 Å². The number of rotatable bonds is 3. The van der Waals surface area contributed by atoms with Gasteiger partial charge in [0.1, 0.15) is 19.0 Å². The second kappa shape index (κ2) is 4.56. The van der Waals surface area contributed by atoms with Crippen LogP contribution in [0.5, 0.6) is 11.5 Å². The number of carbonyl (C=O) groups excluding carboxylic acids is 1. The molecule has 0 radical (unpaired) electrons. The van der Waals surface area contributed by atoms with Gasteiger partial charge in [-0.25, -0.2) is 0 Å². The van der Waals surface area contributed by atoms with E-state index in [9.17, 15) is 4.79 Å². The van der Waals surface area contributed by atoms with Gasteiger partial charge in [-0.2, -0.15) is 0 Å². The lowest BCUT2D eigenvalue weighted by molar-refractivity contribution is 0.0976. The molecule has 0 saturated heterocycles. The van der Waals surface area contributed by atoms with Crippen LogP contribution >= 0.6 is 0 Å². The van der Waals surface area contributed by atoms with Crippen LogP contribution in [-0.4, -0.2) is 19.0 Å². The topological polar surface area (TPSA) is 48.7 Å². The second-order valence-electron chi connectivity index (χ2n) is 4.01. The second-order valence-corrected chi connectivity index (χ2v) is 4.01. The number of fused-ring (bicyclic) bond motifs is 1. The molecule has 18 heavy (non-hydrogen) atoms. The third-order valence-corrected chi connectivity index (χ3v) is 2.78. The number of Topliss-reactive ketones (excluding diaryl/α,β-unsaturated/α-hetero) is 1. The summed E-state index contributed by atoms with van der Waals surface area (Å²) in [6, 6.07) is 8.90. The molecule has 0 N–H and O–H groups in total. The number of hydrogen-bond donors (Lipinski definition) is 0. The van der Waals surface area contributed by atoms with E-state index in [2.05, 4.69) is 0 Å². The Labute approximate surface area is 104 Å². The SMILES string of the molecule is O=C(Cc1ccco1)c1cccc2c1OCCO2. The molecule has 0 bridgehead atoms. The van der Waals surface area contributed by atoms with Gasteiger partial charge < -0.3 is 13.9 Å². The number of ether oxygens (including phenoxy) is 2. The molecule has 0 atom stereocenters. The Hall–Kier alpha value is -2.23. The maximum absolute atomic E-state index is 12.2. The van der Waals surface area contributed by atoms with Crippen molar-refractivity contribution in [2.45, 2.75) is 6.42 Å². The highest BCUT2D eigenvalue weighted by atomic mass is 16.6. The summed E-state index contributed by atoms with van der Waals surface area (Å²) in [6.45, 7) is 0.987. The molecule has 0 spiro atoms. The van der Waals surface area contributed by atoms with Crippen molar-refractivity contribution >= 4 is 5.78 Å². The Morgan fingerprint density at radius 3 is 2.83 bits per heavy atom. The smallest absolute Gasteiger partial charge is 0.174 e. The van der Waals surface area contributed by atoms with Gasteiger partial charge in [-0.3, -0.25) is 4.79 Å². The molecule has 1 aromatic heterocycles. The highest BCUT2D eigenvalue weighted by Crippen LogP contribution is 2.34. The minimum atomic E-state index is -0.0349. The van der Waals surface area contributed by atoms with Crippen LogP contribution in [0.3, 0.4) is 0 Å². The van der Waals surface area contributed by atoms with E-state index >= 15 is 0 Å². The first-order valence-corrected chi connectivity index (χ1v) is 5.79. The first-order chi connectivity index (χ1) is 8.84. The number of carbonyl (C=O) groups is 1. The number of ketones is 1. The molecular weight excluding hydrogens is 232 g/mol. The Kier molecular flexibility index (Phi) is 2.76. The number of para-hydroxylation sites is 1.